The van der Waals surface area contributed by atoms with Crippen molar-refractivity contribution in [3.63, 3.8) is 0 Å². The van der Waals surface area contributed by atoms with E-state index in [2.05, 4.69) is 104 Å². The van der Waals surface area contributed by atoms with Gasteiger partial charge in [0.1, 0.15) is 16.7 Å². The van der Waals surface area contributed by atoms with E-state index in [0.717, 1.165) is 124 Å². The molecule has 0 unspecified atom stereocenters. The van der Waals surface area contributed by atoms with E-state index in [1.165, 1.54) is 96.2 Å². The number of likely N-dealkylation sites (N-methyl/N-ethyl adjacent to an activating group) is 2. The molecule has 6 aromatic heterocycles. The number of amides is 5. The van der Waals surface area contributed by atoms with Crippen LogP contribution in [0, 0.1) is 0 Å². The summed E-state index contributed by atoms with van der Waals surface area (Å²) in [4.78, 5) is 150. The Balaban J connectivity index is 0.000000145. The molecular formula is C88H92N20O15S2. The van der Waals surface area contributed by atoms with E-state index >= 15 is 0 Å². The van der Waals surface area contributed by atoms with Crippen molar-refractivity contribution in [2.45, 2.75) is 81.9 Å². The topological polar surface area (TPSA) is 422 Å². The molecular weight excluding hydrogens is 1640 g/mol. The molecule has 0 radical (unpaired) electrons. The summed E-state index contributed by atoms with van der Waals surface area (Å²) in [5.74, 6) is -1.69. The Bertz CT molecular complexity index is 6620. The van der Waals surface area contributed by atoms with Crippen molar-refractivity contribution in [3.8, 4) is 17.1 Å². The van der Waals surface area contributed by atoms with Crippen molar-refractivity contribution >= 4 is 118 Å². The highest BCUT2D eigenvalue weighted by atomic mass is 32.2. The minimum Gasteiger partial charge on any atom is -0.340 e. The lowest BCUT2D eigenvalue weighted by Gasteiger charge is -2.32. The average Bonchev–Trinajstić information content (AvgIpc) is 1.61. The molecule has 125 heavy (non-hydrogen) atoms. The van der Waals surface area contributed by atoms with E-state index in [0.29, 0.717) is 73.3 Å². The van der Waals surface area contributed by atoms with Crippen LogP contribution in [0.2, 0.25) is 0 Å². The van der Waals surface area contributed by atoms with Crippen molar-refractivity contribution in [3.05, 3.63) is 256 Å². The van der Waals surface area contributed by atoms with Crippen LogP contribution < -0.4 is 53.4 Å². The van der Waals surface area contributed by atoms with Crippen molar-refractivity contribution in [2.24, 2.45) is 0 Å². The number of anilines is 6. The lowest BCUT2D eigenvalue weighted by molar-refractivity contribution is -0.132. The van der Waals surface area contributed by atoms with E-state index < -0.39 is 60.0 Å². The minimum absolute atomic E-state index is 0.0260. The van der Waals surface area contributed by atoms with E-state index in [4.69, 9.17) is 19.5 Å². The summed E-state index contributed by atoms with van der Waals surface area (Å²) in [5, 5.41) is 9.98. The molecule has 7 N–H and O–H groups in total. The fourth-order valence-electron chi connectivity index (χ4n) is 15.7. The number of piperazine rings is 2. The van der Waals surface area contributed by atoms with Gasteiger partial charge in [0.05, 0.1) is 55.1 Å². The molecule has 0 bridgehead atoms. The Morgan fingerprint density at radius 2 is 0.768 bits per heavy atom. The van der Waals surface area contributed by atoms with Gasteiger partial charge in [-0.2, -0.15) is 19.3 Å². The normalized spacial score (nSPS) is 14.6. The van der Waals surface area contributed by atoms with E-state index in [-0.39, 0.29) is 62.0 Å². The standard InChI is InChI=1S/C31H33N7O4.C29H31N7O5S.C28H28N6O6S/c1-36-12-14-37(15-13-36)27(39)16-20-6-9-23(10-7-20)33-31-32-18-25-28(40)26(30(41)35-42-2)19-38(29(25)34-31)24-11-8-21-4-3-5-22(21)17-24;1-34-12-14-35(15-13-34)42(39,40)23-10-7-21(8-11-23)31-29-30-17-24-26(37)25(28(38)33-41-2)18-36(27(24)32-29)22-9-6-19-4-3-5-20(19)16-22;1-40-32-27(37)23-16-34(21-12-9-18-4-3-5-19(18)14-21)26-22(25(23)36)15-29-28(31-26)30-20-10-6-17(7-11-20)8-13-24(35)33-41(2,38)39/h6-11,17-19H,3-5,12-16H2,1-2H3,(H,35,41)(H,32,33,34);6-11,16-18H,3-5,12-15H2,1-2H3,(H,33,38)(H,30,31,32);6-7,9-12,14-16H,3-5,8,13H2,1-2H3,(H,32,37)(H,33,35)(H,29,30,31). The molecule has 5 amide bonds. The van der Waals surface area contributed by atoms with Gasteiger partial charge in [-0.3, -0.25) is 57.6 Å². The number of pyridine rings is 3. The summed E-state index contributed by atoms with van der Waals surface area (Å²) >= 11 is 0. The molecule has 35 nitrogen and oxygen atoms in total. The molecule has 12 aromatic rings. The van der Waals surface area contributed by atoms with Gasteiger partial charge in [-0.1, -0.05) is 42.5 Å². The Morgan fingerprint density at radius 3 is 1.13 bits per heavy atom. The first-order valence-electron chi connectivity index (χ1n) is 40.6. The molecule has 2 aliphatic heterocycles. The van der Waals surface area contributed by atoms with E-state index in [1.54, 1.807) is 62.2 Å². The smallest absolute Gasteiger partial charge is 0.280 e. The van der Waals surface area contributed by atoms with Crippen LogP contribution in [0.25, 0.3) is 50.2 Å². The maximum atomic E-state index is 13.3. The van der Waals surface area contributed by atoms with Gasteiger partial charge >= 0.3 is 0 Å². The summed E-state index contributed by atoms with van der Waals surface area (Å²) in [5.41, 5.74) is 19.5. The van der Waals surface area contributed by atoms with Crippen LogP contribution in [0.1, 0.15) is 101 Å². The summed E-state index contributed by atoms with van der Waals surface area (Å²) in [6, 6.07) is 39.4. The Kier molecular flexibility index (Phi) is 26.1. The second-order valence-corrected chi connectivity index (χ2v) is 34.7. The van der Waals surface area contributed by atoms with Crippen LogP contribution in [0.4, 0.5) is 34.9 Å². The van der Waals surface area contributed by atoms with Gasteiger partial charge in [-0.15, -0.1) is 0 Å². The number of fused-ring (bicyclic) bond motifs is 6. The van der Waals surface area contributed by atoms with Crippen molar-refractivity contribution in [1.82, 2.24) is 83.8 Å². The highest BCUT2D eigenvalue weighted by molar-refractivity contribution is 7.89. The number of carbonyl (C=O) groups is 5. The second-order valence-electron chi connectivity index (χ2n) is 31.0. The monoisotopic (exact) mass is 1730 g/mol. The average molecular weight is 1730 g/mol. The SMILES string of the molecule is CONC(=O)c1cn(-c2ccc3c(c2)CCC3)c2nc(Nc3ccc(CC(=O)N4CCN(C)CC4)cc3)ncc2c1=O.CONC(=O)c1cn(-c2ccc3c(c2)CCC3)c2nc(Nc3ccc(CCC(=O)NS(C)(=O)=O)cc3)ncc2c1=O.CONC(=O)c1cn(-c2ccc3c(c2)CCC3)c2nc(Nc3ccc(S(=O)(=O)N4CCN(C)CC4)cc3)ncc2c1=O. The van der Waals surface area contributed by atoms with Crippen LogP contribution in [0.3, 0.4) is 0 Å². The first-order valence-corrected chi connectivity index (χ1v) is 44.0. The van der Waals surface area contributed by atoms with Crippen molar-refractivity contribution < 1.29 is 55.3 Å². The summed E-state index contributed by atoms with van der Waals surface area (Å²) in [6.07, 6.45) is 19.5. The predicted molar refractivity (Wildman–Crippen MR) is 469 cm³/mol. The third-order valence-electron chi connectivity index (χ3n) is 22.4. The van der Waals surface area contributed by atoms with Gasteiger partial charge in [0, 0.05) is 130 Å². The number of hydrogen-bond donors (Lipinski definition) is 7. The molecule has 3 aliphatic carbocycles. The number of sulfonamides is 2. The largest absolute Gasteiger partial charge is 0.340 e. The lowest BCUT2D eigenvalue weighted by Crippen LogP contribution is -2.47. The van der Waals surface area contributed by atoms with Gasteiger partial charge in [-0.25, -0.2) is 48.2 Å². The molecule has 2 fully saturated rings. The molecule has 5 aliphatic rings. The molecule has 17 rings (SSSR count). The van der Waals surface area contributed by atoms with Crippen molar-refractivity contribution in [1.29, 1.82) is 0 Å². The molecule has 0 saturated carbocycles. The molecule has 2 saturated heterocycles. The molecule has 37 heteroatoms. The van der Waals surface area contributed by atoms with Gasteiger partial charge in [0.15, 0.2) is 16.9 Å². The van der Waals surface area contributed by atoms with Crippen LogP contribution in [-0.4, -0.2) is 203 Å². The summed E-state index contributed by atoms with van der Waals surface area (Å²) in [7, 11) is 0.762. The number of rotatable bonds is 23. The summed E-state index contributed by atoms with van der Waals surface area (Å²) in [6.45, 7) is 5.56. The zero-order valence-electron chi connectivity index (χ0n) is 69.5. The van der Waals surface area contributed by atoms with Gasteiger partial charge in [0.2, 0.25) is 66.0 Å². The predicted octanol–water partition coefficient (Wildman–Crippen LogP) is 7.17. The van der Waals surface area contributed by atoms with Crippen LogP contribution in [0.5, 0.6) is 0 Å². The van der Waals surface area contributed by atoms with E-state index in [9.17, 15) is 55.2 Å². The van der Waals surface area contributed by atoms with Gasteiger partial charge in [-0.05, 0) is 208 Å². The highest BCUT2D eigenvalue weighted by Crippen LogP contribution is 2.32. The fraction of sp³-hybridized carbons (Fsp3) is 0.295. The molecule has 0 spiro atoms. The quantitative estimate of drug-likeness (QED) is 0.0312. The number of hydrogen-bond acceptors (Lipinski definition) is 26. The van der Waals surface area contributed by atoms with Gasteiger partial charge < -0.3 is 44.4 Å². The highest BCUT2D eigenvalue weighted by Gasteiger charge is 2.30. The third-order valence-corrected chi connectivity index (χ3v) is 24.9. The minimum atomic E-state index is -3.60. The fourth-order valence-corrected chi connectivity index (χ4v) is 17.7. The number of aryl methyl sites for hydroxylation is 7. The number of hydroxylamine groups is 3. The Morgan fingerprint density at radius 1 is 0.424 bits per heavy atom. The molecule has 6 aromatic carbocycles. The molecule has 8 heterocycles. The van der Waals surface area contributed by atoms with Crippen LogP contribution in [0.15, 0.2) is 184 Å². The number of aromatic nitrogens is 9. The number of nitrogens with zero attached hydrogens (tertiary/aromatic N) is 13. The van der Waals surface area contributed by atoms with Crippen LogP contribution in [-0.2, 0) is 95.5 Å². The van der Waals surface area contributed by atoms with Crippen LogP contribution >= 0.6 is 0 Å². The maximum absolute atomic E-state index is 13.3. The number of nitrogens with one attached hydrogen (secondary N) is 7. The maximum Gasteiger partial charge on any atom is 0.280 e. The first-order chi connectivity index (χ1) is 60.2. The zero-order chi connectivity index (χ0) is 87.8. The van der Waals surface area contributed by atoms with Gasteiger partial charge in [0.25, 0.3) is 17.7 Å². The zero-order valence-corrected chi connectivity index (χ0v) is 71.1. The van der Waals surface area contributed by atoms with Crippen molar-refractivity contribution in [2.75, 3.05) is 110 Å². The third kappa shape index (κ3) is 20.0. The molecule has 0 atom stereocenters. The second kappa shape index (κ2) is 37.7. The Labute approximate surface area is 718 Å². The Hall–Kier alpha value is -13.4. The summed E-state index contributed by atoms with van der Waals surface area (Å²) < 4.78 is 57.2. The van der Waals surface area contributed by atoms with E-state index in [1.807, 2.05) is 65.2 Å². The lowest BCUT2D eigenvalue weighted by atomic mass is 10.1. The molecule has 646 valence electrons. The number of benzene rings is 6. The number of carbonyl (C=O) groups excluding carboxylic acids is 5. The first kappa shape index (κ1) is 86.5.